The molecule has 1 aromatic rings. The maximum absolute atomic E-state index is 10.6. The van der Waals surface area contributed by atoms with Gasteiger partial charge in [0, 0.05) is 6.16 Å². The van der Waals surface area contributed by atoms with E-state index in [1.165, 1.54) is 5.56 Å². The minimum Gasteiger partial charge on any atom is -0.324 e. The summed E-state index contributed by atoms with van der Waals surface area (Å²) in [5.74, 6) is 0. The van der Waals surface area contributed by atoms with Gasteiger partial charge in [-0.15, -0.1) is 0 Å². The van der Waals surface area contributed by atoms with Crippen molar-refractivity contribution in [3.8, 4) is 0 Å². The molecule has 0 saturated carbocycles. The van der Waals surface area contributed by atoms with E-state index in [1.807, 2.05) is 18.2 Å². The molecular weight excluding hydrogens is 211 g/mol. The fraction of sp³-hybridized carbons (Fsp3) is 0.455. The number of benzene rings is 1. The van der Waals surface area contributed by atoms with Crippen molar-refractivity contribution in [3.63, 3.8) is 0 Å². The third-order valence-corrected chi connectivity index (χ3v) is 3.16. The van der Waals surface area contributed by atoms with Crippen LogP contribution in [0.2, 0.25) is 0 Å². The van der Waals surface area contributed by atoms with Crippen molar-refractivity contribution in [2.75, 3.05) is 6.16 Å². The summed E-state index contributed by atoms with van der Waals surface area (Å²) in [6, 6.07) is 10.1. The van der Waals surface area contributed by atoms with E-state index in [2.05, 4.69) is 12.1 Å². The van der Waals surface area contributed by atoms with Gasteiger partial charge in [0.05, 0.1) is 0 Å². The Labute approximate surface area is 90.3 Å². The zero-order valence-corrected chi connectivity index (χ0v) is 9.57. The number of hydrogen-bond acceptors (Lipinski definition) is 1. The van der Waals surface area contributed by atoms with Gasteiger partial charge in [-0.3, -0.25) is 4.57 Å². The van der Waals surface area contributed by atoms with Crippen LogP contribution in [0.5, 0.6) is 0 Å². The summed E-state index contributed by atoms with van der Waals surface area (Å²) in [7, 11) is -3.78. The highest BCUT2D eigenvalue weighted by atomic mass is 31.2. The van der Waals surface area contributed by atoms with Crippen LogP contribution < -0.4 is 0 Å². The molecule has 0 aromatic heterocycles. The van der Waals surface area contributed by atoms with Crippen molar-refractivity contribution in [3.05, 3.63) is 35.9 Å². The quantitative estimate of drug-likeness (QED) is 0.581. The second kappa shape index (κ2) is 6.06. The summed E-state index contributed by atoms with van der Waals surface area (Å²) >= 11 is 0. The summed E-state index contributed by atoms with van der Waals surface area (Å²) in [4.78, 5) is 17.3. The van der Waals surface area contributed by atoms with E-state index >= 15 is 0 Å². The molecule has 0 amide bonds. The van der Waals surface area contributed by atoms with Gasteiger partial charge in [-0.25, -0.2) is 0 Å². The van der Waals surface area contributed by atoms with E-state index < -0.39 is 7.60 Å². The second-order valence-electron chi connectivity index (χ2n) is 3.68. The van der Waals surface area contributed by atoms with E-state index in [4.69, 9.17) is 9.79 Å². The molecule has 2 N–H and O–H groups in total. The Balaban J connectivity index is 2.10. The van der Waals surface area contributed by atoms with Gasteiger partial charge in [0.25, 0.3) is 0 Å². The molecule has 0 unspecified atom stereocenters. The van der Waals surface area contributed by atoms with Gasteiger partial charge < -0.3 is 9.79 Å². The lowest BCUT2D eigenvalue weighted by molar-refractivity contribution is 0.371. The summed E-state index contributed by atoms with van der Waals surface area (Å²) in [5, 5.41) is 0. The molecule has 4 heteroatoms. The summed E-state index contributed by atoms with van der Waals surface area (Å²) < 4.78 is 10.6. The molecule has 15 heavy (non-hydrogen) atoms. The topological polar surface area (TPSA) is 57.5 Å². The van der Waals surface area contributed by atoms with E-state index in [0.29, 0.717) is 6.42 Å². The summed E-state index contributed by atoms with van der Waals surface area (Å²) in [5.41, 5.74) is 1.29. The average molecular weight is 228 g/mol. The summed E-state index contributed by atoms with van der Waals surface area (Å²) in [6.07, 6.45) is 3.48. The fourth-order valence-corrected chi connectivity index (χ4v) is 2.10. The van der Waals surface area contributed by atoms with Crippen LogP contribution in [0.15, 0.2) is 30.3 Å². The van der Waals surface area contributed by atoms with E-state index in [0.717, 1.165) is 19.3 Å². The molecule has 1 rings (SSSR count). The van der Waals surface area contributed by atoms with Crippen molar-refractivity contribution in [1.82, 2.24) is 0 Å². The molecule has 3 nitrogen and oxygen atoms in total. The van der Waals surface area contributed by atoms with Gasteiger partial charge >= 0.3 is 7.60 Å². The fourth-order valence-electron chi connectivity index (χ4n) is 1.47. The van der Waals surface area contributed by atoms with Gasteiger partial charge in [-0.1, -0.05) is 36.8 Å². The van der Waals surface area contributed by atoms with E-state index in [-0.39, 0.29) is 6.16 Å². The Hall–Kier alpha value is -0.630. The molecule has 0 fully saturated rings. The normalized spacial score (nSPS) is 11.6. The zero-order chi connectivity index (χ0) is 11.1. The van der Waals surface area contributed by atoms with Crippen LogP contribution in [0.4, 0.5) is 0 Å². The number of hydrogen-bond donors (Lipinski definition) is 2. The molecule has 0 radical (unpaired) electrons. The van der Waals surface area contributed by atoms with Crippen LogP contribution in [-0.2, 0) is 11.0 Å². The van der Waals surface area contributed by atoms with Gasteiger partial charge in [-0.05, 0) is 24.8 Å². The van der Waals surface area contributed by atoms with Crippen LogP contribution in [0.1, 0.15) is 24.8 Å². The van der Waals surface area contributed by atoms with Crippen LogP contribution in [-0.4, -0.2) is 15.9 Å². The molecule has 0 bridgehead atoms. The first-order chi connectivity index (χ1) is 7.08. The molecule has 0 spiro atoms. The second-order valence-corrected chi connectivity index (χ2v) is 5.46. The Bertz CT molecular complexity index is 318. The SMILES string of the molecule is O=P(O)(O)CCCCCc1ccccc1. The Morgan fingerprint density at radius 3 is 2.27 bits per heavy atom. The van der Waals surface area contributed by atoms with Crippen LogP contribution in [0.3, 0.4) is 0 Å². The number of unbranched alkanes of at least 4 members (excludes halogenated alkanes) is 2. The highest BCUT2D eigenvalue weighted by molar-refractivity contribution is 7.51. The van der Waals surface area contributed by atoms with Crippen LogP contribution in [0.25, 0.3) is 0 Å². The van der Waals surface area contributed by atoms with Crippen molar-refractivity contribution in [2.45, 2.75) is 25.7 Å². The predicted molar refractivity (Wildman–Crippen MR) is 60.9 cm³/mol. The molecule has 1 aromatic carbocycles. The van der Waals surface area contributed by atoms with Crippen molar-refractivity contribution in [2.24, 2.45) is 0 Å². The number of aryl methyl sites for hydroxylation is 1. The summed E-state index contributed by atoms with van der Waals surface area (Å²) in [6.45, 7) is 0. The first kappa shape index (κ1) is 12.4. The van der Waals surface area contributed by atoms with Crippen molar-refractivity contribution >= 4 is 7.60 Å². The maximum atomic E-state index is 10.6. The molecule has 0 heterocycles. The monoisotopic (exact) mass is 228 g/mol. The van der Waals surface area contributed by atoms with Gasteiger partial charge in [-0.2, -0.15) is 0 Å². The molecular formula is C11H17O3P. The first-order valence-electron chi connectivity index (χ1n) is 5.16. The molecule has 0 atom stereocenters. The zero-order valence-electron chi connectivity index (χ0n) is 8.67. The molecule has 84 valence electrons. The van der Waals surface area contributed by atoms with Crippen LogP contribution >= 0.6 is 7.60 Å². The van der Waals surface area contributed by atoms with Crippen LogP contribution in [0, 0.1) is 0 Å². The molecule has 0 aliphatic carbocycles. The highest BCUT2D eigenvalue weighted by Gasteiger charge is 2.10. The minimum atomic E-state index is -3.78. The average Bonchev–Trinajstić information content (AvgIpc) is 2.17. The third-order valence-electron chi connectivity index (χ3n) is 2.26. The lowest BCUT2D eigenvalue weighted by atomic mass is 10.1. The Morgan fingerprint density at radius 1 is 1.00 bits per heavy atom. The number of rotatable bonds is 6. The van der Waals surface area contributed by atoms with E-state index in [1.54, 1.807) is 0 Å². The standard InChI is InChI=1S/C11H17O3P/c12-15(13,14)10-6-2-5-9-11-7-3-1-4-8-11/h1,3-4,7-8H,2,5-6,9-10H2,(H2,12,13,14). The maximum Gasteiger partial charge on any atom is 0.325 e. The van der Waals surface area contributed by atoms with Crippen molar-refractivity contribution < 1.29 is 14.4 Å². The molecule has 0 aliphatic heterocycles. The predicted octanol–water partition coefficient (Wildman–Crippen LogP) is 2.58. The van der Waals surface area contributed by atoms with E-state index in [9.17, 15) is 4.57 Å². The Morgan fingerprint density at radius 2 is 1.67 bits per heavy atom. The third kappa shape index (κ3) is 6.45. The minimum absolute atomic E-state index is 0.0157. The lowest BCUT2D eigenvalue weighted by Gasteiger charge is -2.03. The molecule has 0 aliphatic rings. The first-order valence-corrected chi connectivity index (χ1v) is 6.96. The van der Waals surface area contributed by atoms with Gasteiger partial charge in [0.2, 0.25) is 0 Å². The lowest BCUT2D eigenvalue weighted by Crippen LogP contribution is -1.90. The largest absolute Gasteiger partial charge is 0.325 e. The van der Waals surface area contributed by atoms with Crippen molar-refractivity contribution in [1.29, 1.82) is 0 Å². The smallest absolute Gasteiger partial charge is 0.324 e. The molecule has 0 saturated heterocycles. The van der Waals surface area contributed by atoms with Gasteiger partial charge in [0.15, 0.2) is 0 Å². The Kier molecular flexibility index (Phi) is 5.03. The highest BCUT2D eigenvalue weighted by Crippen LogP contribution is 2.35. The van der Waals surface area contributed by atoms with Gasteiger partial charge in [0.1, 0.15) is 0 Å².